The lowest BCUT2D eigenvalue weighted by Crippen LogP contribution is -2.29. The van der Waals surface area contributed by atoms with Crippen LogP contribution in [0.1, 0.15) is 49.8 Å². The average molecular weight is 419 g/mol. The molecule has 0 radical (unpaired) electrons. The summed E-state index contributed by atoms with van der Waals surface area (Å²) in [5, 5.41) is 3.98. The van der Waals surface area contributed by atoms with E-state index in [0.717, 1.165) is 49.0 Å². The molecule has 3 nitrogen and oxygen atoms in total. The van der Waals surface area contributed by atoms with Gasteiger partial charge in [-0.2, -0.15) is 13.2 Å². The van der Waals surface area contributed by atoms with E-state index in [-0.39, 0.29) is 12.1 Å². The van der Waals surface area contributed by atoms with Crippen LogP contribution >= 0.6 is 15.9 Å². The van der Waals surface area contributed by atoms with Gasteiger partial charge >= 0.3 is 6.18 Å². The fourth-order valence-electron chi connectivity index (χ4n) is 3.68. The number of oxime groups is 1. The number of alkyl halides is 3. The van der Waals surface area contributed by atoms with Crippen molar-refractivity contribution in [3.05, 3.63) is 35.4 Å². The molecule has 0 amide bonds. The van der Waals surface area contributed by atoms with Crippen molar-refractivity contribution in [3.8, 4) is 0 Å². The van der Waals surface area contributed by atoms with Gasteiger partial charge in [-0.15, -0.1) is 0 Å². The van der Waals surface area contributed by atoms with Crippen LogP contribution in [0.15, 0.2) is 29.4 Å². The molecule has 0 spiro atoms. The minimum atomic E-state index is -4.28. The summed E-state index contributed by atoms with van der Waals surface area (Å²) < 4.78 is 39.0. The average Bonchev–Trinajstić information content (AvgIpc) is 2.86. The summed E-state index contributed by atoms with van der Waals surface area (Å²) in [5.41, 5.74) is 0.331. The summed E-state index contributed by atoms with van der Waals surface area (Å²) in [4.78, 5) is 7.86. The largest absolute Gasteiger partial charge is 0.416 e. The van der Waals surface area contributed by atoms with Crippen molar-refractivity contribution in [1.82, 2.24) is 4.90 Å². The molecule has 1 saturated heterocycles. The minimum Gasteiger partial charge on any atom is -0.391 e. The van der Waals surface area contributed by atoms with Gasteiger partial charge in [0.1, 0.15) is 10.7 Å². The molecule has 0 aliphatic carbocycles. The maximum Gasteiger partial charge on any atom is 0.416 e. The predicted octanol–water partition coefficient (Wildman–Crippen LogP) is 5.37. The summed E-state index contributed by atoms with van der Waals surface area (Å²) in [7, 11) is 0. The van der Waals surface area contributed by atoms with Crippen molar-refractivity contribution < 1.29 is 18.0 Å². The topological polar surface area (TPSA) is 24.8 Å². The standard InChI is InChI=1S/C18H22BrF3N2O/c1-12(13-4-6-15(7-5-13)18(20,21)22)24-9-2-3-14(8-10-24)16-11-17(19)23-25-16/h4-7,12,14,16H,2-3,8-11H2,1H3/t12-,14+,16+/m0/s1. The van der Waals surface area contributed by atoms with Crippen LogP contribution in [0.25, 0.3) is 0 Å². The first-order chi connectivity index (χ1) is 11.8. The summed E-state index contributed by atoms with van der Waals surface area (Å²) >= 11 is 3.38. The van der Waals surface area contributed by atoms with Gasteiger partial charge in [0.15, 0.2) is 0 Å². The maximum atomic E-state index is 12.7. The van der Waals surface area contributed by atoms with E-state index in [0.29, 0.717) is 5.92 Å². The molecule has 0 aromatic heterocycles. The monoisotopic (exact) mass is 418 g/mol. The summed E-state index contributed by atoms with van der Waals surface area (Å²) in [6, 6.07) is 5.65. The van der Waals surface area contributed by atoms with Gasteiger partial charge in [-0.1, -0.05) is 17.3 Å². The lowest BCUT2D eigenvalue weighted by atomic mass is 9.93. The Hall–Kier alpha value is -1.08. The molecule has 3 rings (SSSR count). The van der Waals surface area contributed by atoms with Gasteiger partial charge in [0.25, 0.3) is 0 Å². The first-order valence-electron chi connectivity index (χ1n) is 8.64. The Morgan fingerprint density at radius 3 is 2.52 bits per heavy atom. The van der Waals surface area contributed by atoms with Gasteiger partial charge < -0.3 is 4.84 Å². The van der Waals surface area contributed by atoms with Crippen LogP contribution in [0.2, 0.25) is 0 Å². The summed E-state index contributed by atoms with van der Waals surface area (Å²) in [5.74, 6) is 0.476. The van der Waals surface area contributed by atoms with Crippen molar-refractivity contribution in [2.75, 3.05) is 13.1 Å². The number of halogens is 4. The highest BCUT2D eigenvalue weighted by Crippen LogP contribution is 2.33. The molecule has 0 N–H and O–H groups in total. The Labute approximate surface area is 154 Å². The molecule has 7 heteroatoms. The first kappa shape index (κ1) is 18.7. The van der Waals surface area contributed by atoms with Crippen molar-refractivity contribution in [3.63, 3.8) is 0 Å². The number of hydrogen-bond acceptors (Lipinski definition) is 3. The Balaban J connectivity index is 1.60. The van der Waals surface area contributed by atoms with Gasteiger partial charge in [-0.25, -0.2) is 0 Å². The molecule has 1 fully saturated rings. The molecule has 138 valence electrons. The van der Waals surface area contributed by atoms with E-state index in [9.17, 15) is 13.2 Å². The van der Waals surface area contributed by atoms with E-state index >= 15 is 0 Å². The molecular weight excluding hydrogens is 397 g/mol. The Bertz CT molecular complexity index is 618. The summed E-state index contributed by atoms with van der Waals surface area (Å²) in [6.45, 7) is 3.94. The fraction of sp³-hybridized carbons (Fsp3) is 0.611. The van der Waals surface area contributed by atoms with Crippen molar-refractivity contribution in [1.29, 1.82) is 0 Å². The third-order valence-corrected chi connectivity index (χ3v) is 5.73. The van der Waals surface area contributed by atoms with E-state index in [1.807, 2.05) is 0 Å². The lowest BCUT2D eigenvalue weighted by Gasteiger charge is -2.28. The second-order valence-electron chi connectivity index (χ2n) is 6.84. The highest BCUT2D eigenvalue weighted by Gasteiger charge is 2.32. The third kappa shape index (κ3) is 4.56. The second-order valence-corrected chi connectivity index (χ2v) is 7.75. The maximum absolute atomic E-state index is 12.7. The zero-order chi connectivity index (χ0) is 18.0. The smallest absolute Gasteiger partial charge is 0.391 e. The van der Waals surface area contributed by atoms with E-state index in [1.54, 1.807) is 12.1 Å². The van der Waals surface area contributed by atoms with Crippen LogP contribution in [0.3, 0.4) is 0 Å². The third-order valence-electron chi connectivity index (χ3n) is 5.26. The second kappa shape index (κ2) is 7.66. The number of hydrogen-bond donors (Lipinski definition) is 0. The van der Waals surface area contributed by atoms with E-state index in [4.69, 9.17) is 4.84 Å². The first-order valence-corrected chi connectivity index (χ1v) is 9.43. The number of likely N-dealkylation sites (tertiary alicyclic amines) is 1. The molecule has 1 aromatic rings. The quantitative estimate of drug-likeness (QED) is 0.659. The van der Waals surface area contributed by atoms with Crippen molar-refractivity contribution >= 4 is 20.6 Å². The highest BCUT2D eigenvalue weighted by atomic mass is 79.9. The van der Waals surface area contributed by atoms with Gasteiger partial charge in [0.2, 0.25) is 0 Å². The molecule has 0 bridgehead atoms. The molecule has 3 atom stereocenters. The Morgan fingerprint density at radius 2 is 1.92 bits per heavy atom. The molecule has 0 saturated carbocycles. The Kier molecular flexibility index (Phi) is 5.73. The molecule has 25 heavy (non-hydrogen) atoms. The van der Waals surface area contributed by atoms with Gasteiger partial charge in [-0.05, 0) is 72.9 Å². The van der Waals surface area contributed by atoms with Crippen LogP contribution in [0, 0.1) is 5.92 Å². The zero-order valence-electron chi connectivity index (χ0n) is 14.1. The van der Waals surface area contributed by atoms with Crippen LogP contribution in [-0.2, 0) is 11.0 Å². The predicted molar refractivity (Wildman–Crippen MR) is 94.6 cm³/mol. The van der Waals surface area contributed by atoms with E-state index in [1.165, 1.54) is 12.1 Å². The normalized spacial score (nSPS) is 26.7. The van der Waals surface area contributed by atoms with E-state index < -0.39 is 11.7 Å². The Morgan fingerprint density at radius 1 is 1.20 bits per heavy atom. The summed E-state index contributed by atoms with van der Waals surface area (Å²) in [6.07, 6.45) is -0.125. The molecule has 1 aromatic carbocycles. The van der Waals surface area contributed by atoms with Gasteiger partial charge in [0, 0.05) is 18.4 Å². The van der Waals surface area contributed by atoms with Crippen LogP contribution in [-0.4, -0.2) is 28.7 Å². The number of rotatable bonds is 3. The molecule has 2 heterocycles. The van der Waals surface area contributed by atoms with Crippen LogP contribution in [0.5, 0.6) is 0 Å². The lowest BCUT2D eigenvalue weighted by molar-refractivity contribution is -0.137. The van der Waals surface area contributed by atoms with Crippen LogP contribution in [0.4, 0.5) is 13.2 Å². The number of nitrogens with zero attached hydrogens (tertiary/aromatic N) is 2. The highest BCUT2D eigenvalue weighted by molar-refractivity contribution is 9.18. The molecule has 2 aliphatic rings. The van der Waals surface area contributed by atoms with E-state index in [2.05, 4.69) is 32.9 Å². The van der Waals surface area contributed by atoms with Crippen molar-refractivity contribution in [2.24, 2.45) is 11.1 Å². The fourth-order valence-corrected chi connectivity index (χ4v) is 4.09. The van der Waals surface area contributed by atoms with Gasteiger partial charge in [-0.3, -0.25) is 4.90 Å². The zero-order valence-corrected chi connectivity index (χ0v) is 15.7. The van der Waals surface area contributed by atoms with Gasteiger partial charge in [0.05, 0.1) is 5.56 Å². The SMILES string of the molecule is C[C@@H](c1ccc(C(F)(F)F)cc1)N1CCC[C@@H]([C@H]2CC(Br)=NO2)CC1. The molecule has 0 unspecified atom stereocenters. The number of benzene rings is 1. The van der Waals surface area contributed by atoms with Crippen molar-refractivity contribution in [2.45, 2.75) is 50.9 Å². The molecular formula is C18H22BrF3N2O. The van der Waals surface area contributed by atoms with Crippen LogP contribution < -0.4 is 0 Å². The minimum absolute atomic E-state index is 0.105. The molecule has 2 aliphatic heterocycles.